The smallest absolute Gasteiger partial charge is 0.257 e. The van der Waals surface area contributed by atoms with E-state index in [2.05, 4.69) is 31.5 Å². The molecule has 1 heterocycles. The van der Waals surface area contributed by atoms with Gasteiger partial charge >= 0.3 is 0 Å². The Bertz CT molecular complexity index is 732. The maximum atomic E-state index is 12.3. The number of amides is 2. The number of aromatic nitrogens is 1. The second kappa shape index (κ2) is 7.87. The maximum absolute atomic E-state index is 12.3. The van der Waals surface area contributed by atoms with Gasteiger partial charge in [0.05, 0.1) is 11.1 Å². The Labute approximate surface area is 143 Å². The largest absolute Gasteiger partial charge is 0.352 e. The number of rotatable bonds is 5. The third-order valence-electron chi connectivity index (χ3n) is 3.23. The van der Waals surface area contributed by atoms with Crippen molar-refractivity contribution in [3.63, 3.8) is 0 Å². The summed E-state index contributed by atoms with van der Waals surface area (Å²) in [7, 11) is 0. The molecule has 0 spiro atoms. The molecule has 1 aromatic carbocycles. The van der Waals surface area contributed by atoms with E-state index in [0.717, 1.165) is 22.1 Å². The van der Waals surface area contributed by atoms with Crippen molar-refractivity contribution in [2.24, 2.45) is 0 Å². The van der Waals surface area contributed by atoms with Crippen LogP contribution in [0, 0.1) is 6.92 Å². The third kappa shape index (κ3) is 4.63. The number of hydrogen-bond acceptors (Lipinski definition) is 3. The maximum Gasteiger partial charge on any atom is 0.257 e. The minimum atomic E-state index is -0.298. The first kappa shape index (κ1) is 17.1. The van der Waals surface area contributed by atoms with Crippen LogP contribution in [0.3, 0.4) is 0 Å². The Morgan fingerprint density at radius 2 is 1.83 bits per heavy atom. The molecule has 1 aromatic heterocycles. The van der Waals surface area contributed by atoms with Gasteiger partial charge in [-0.3, -0.25) is 14.6 Å². The van der Waals surface area contributed by atoms with Crippen LogP contribution in [0.25, 0.3) is 0 Å². The predicted octanol–water partition coefficient (Wildman–Crippen LogP) is 3.54. The van der Waals surface area contributed by atoms with Crippen LogP contribution in [0.4, 0.5) is 5.69 Å². The van der Waals surface area contributed by atoms with Gasteiger partial charge in [0.25, 0.3) is 11.8 Å². The minimum absolute atomic E-state index is 0.228. The van der Waals surface area contributed by atoms with E-state index >= 15 is 0 Å². The molecule has 0 aliphatic heterocycles. The standard InChI is InChI=1S/C17H18BrN3O2/c1-3-6-20-16(22)12-8-13(10-19-9-12)17(23)21-15-5-4-14(18)7-11(15)2/h4-5,7-10H,3,6H2,1-2H3,(H,20,22)(H,21,23). The van der Waals surface area contributed by atoms with Crippen LogP contribution < -0.4 is 10.6 Å². The highest BCUT2D eigenvalue weighted by Crippen LogP contribution is 2.20. The number of nitrogens with zero attached hydrogens (tertiary/aromatic N) is 1. The lowest BCUT2D eigenvalue weighted by molar-refractivity contribution is 0.0953. The van der Waals surface area contributed by atoms with E-state index in [1.54, 1.807) is 6.07 Å². The number of benzene rings is 1. The Morgan fingerprint density at radius 1 is 1.13 bits per heavy atom. The molecule has 2 amide bonds. The molecular formula is C17H18BrN3O2. The number of pyridine rings is 1. The van der Waals surface area contributed by atoms with Crippen molar-refractivity contribution in [2.75, 3.05) is 11.9 Å². The van der Waals surface area contributed by atoms with Crippen LogP contribution in [-0.2, 0) is 0 Å². The number of aryl methyl sites for hydroxylation is 1. The molecule has 0 atom stereocenters. The van der Waals surface area contributed by atoms with Crippen molar-refractivity contribution < 1.29 is 9.59 Å². The first-order valence-corrected chi connectivity index (χ1v) is 8.11. The average Bonchev–Trinajstić information content (AvgIpc) is 2.55. The molecule has 0 unspecified atom stereocenters. The van der Waals surface area contributed by atoms with Gasteiger partial charge in [0.15, 0.2) is 0 Å². The fraction of sp³-hybridized carbons (Fsp3) is 0.235. The molecule has 120 valence electrons. The molecule has 6 heteroatoms. The van der Waals surface area contributed by atoms with Crippen LogP contribution >= 0.6 is 15.9 Å². The van der Waals surface area contributed by atoms with Crippen molar-refractivity contribution in [3.8, 4) is 0 Å². The average molecular weight is 376 g/mol. The van der Waals surface area contributed by atoms with E-state index < -0.39 is 0 Å². The van der Waals surface area contributed by atoms with Gasteiger partial charge < -0.3 is 10.6 Å². The van der Waals surface area contributed by atoms with E-state index in [9.17, 15) is 9.59 Å². The zero-order valence-electron chi connectivity index (χ0n) is 13.0. The van der Waals surface area contributed by atoms with Gasteiger partial charge in [0.1, 0.15) is 0 Å². The highest BCUT2D eigenvalue weighted by Gasteiger charge is 2.12. The molecule has 0 saturated heterocycles. The topological polar surface area (TPSA) is 71.1 Å². The van der Waals surface area contributed by atoms with Crippen LogP contribution in [0.2, 0.25) is 0 Å². The van der Waals surface area contributed by atoms with Crippen LogP contribution in [0.1, 0.15) is 39.6 Å². The lowest BCUT2D eigenvalue weighted by atomic mass is 10.1. The Kier molecular flexibility index (Phi) is 5.87. The number of carbonyl (C=O) groups excluding carboxylic acids is 2. The molecule has 2 rings (SSSR count). The summed E-state index contributed by atoms with van der Waals surface area (Å²) in [6, 6.07) is 7.14. The van der Waals surface area contributed by atoms with Crippen molar-refractivity contribution >= 4 is 33.4 Å². The highest BCUT2D eigenvalue weighted by molar-refractivity contribution is 9.10. The zero-order valence-corrected chi connectivity index (χ0v) is 14.6. The van der Waals surface area contributed by atoms with Crippen molar-refractivity contribution in [2.45, 2.75) is 20.3 Å². The second-order valence-electron chi connectivity index (χ2n) is 5.13. The molecule has 0 aliphatic carbocycles. The molecular weight excluding hydrogens is 358 g/mol. The van der Waals surface area contributed by atoms with Crippen molar-refractivity contribution in [1.82, 2.24) is 10.3 Å². The fourth-order valence-electron chi connectivity index (χ4n) is 1.99. The van der Waals surface area contributed by atoms with E-state index in [4.69, 9.17) is 0 Å². The van der Waals surface area contributed by atoms with E-state index in [0.29, 0.717) is 17.7 Å². The monoisotopic (exact) mass is 375 g/mol. The second-order valence-corrected chi connectivity index (χ2v) is 6.05. The quantitative estimate of drug-likeness (QED) is 0.839. The van der Waals surface area contributed by atoms with Crippen LogP contribution in [0.5, 0.6) is 0 Å². The first-order valence-electron chi connectivity index (χ1n) is 7.32. The third-order valence-corrected chi connectivity index (χ3v) is 3.73. The summed E-state index contributed by atoms with van der Waals surface area (Å²) >= 11 is 3.39. The normalized spacial score (nSPS) is 10.2. The number of nitrogens with one attached hydrogen (secondary N) is 2. The van der Waals surface area contributed by atoms with Gasteiger partial charge in [0, 0.05) is 29.1 Å². The molecule has 23 heavy (non-hydrogen) atoms. The SMILES string of the molecule is CCCNC(=O)c1cncc(C(=O)Nc2ccc(Br)cc2C)c1. The van der Waals surface area contributed by atoms with Gasteiger partial charge in [-0.2, -0.15) is 0 Å². The Hall–Kier alpha value is -2.21. The molecule has 2 N–H and O–H groups in total. The van der Waals surface area contributed by atoms with E-state index in [1.165, 1.54) is 12.4 Å². The van der Waals surface area contributed by atoms with Gasteiger partial charge in [-0.25, -0.2) is 0 Å². The van der Waals surface area contributed by atoms with Gasteiger partial charge in [-0.1, -0.05) is 22.9 Å². The first-order chi connectivity index (χ1) is 11.0. The summed E-state index contributed by atoms with van der Waals surface area (Å²) in [5, 5.41) is 5.60. The van der Waals surface area contributed by atoms with E-state index in [1.807, 2.05) is 32.0 Å². The molecule has 0 bridgehead atoms. The Morgan fingerprint density at radius 3 is 2.48 bits per heavy atom. The molecule has 0 aliphatic rings. The number of halogens is 1. The molecule has 0 fully saturated rings. The lowest BCUT2D eigenvalue weighted by Crippen LogP contribution is -2.24. The number of hydrogen-bond donors (Lipinski definition) is 2. The molecule has 0 radical (unpaired) electrons. The van der Waals surface area contributed by atoms with E-state index in [-0.39, 0.29) is 11.8 Å². The number of anilines is 1. The molecule has 0 saturated carbocycles. The minimum Gasteiger partial charge on any atom is -0.352 e. The zero-order chi connectivity index (χ0) is 16.8. The van der Waals surface area contributed by atoms with Gasteiger partial charge in [-0.05, 0) is 43.2 Å². The van der Waals surface area contributed by atoms with Crippen LogP contribution in [-0.4, -0.2) is 23.3 Å². The number of carbonyl (C=O) groups is 2. The summed E-state index contributed by atoms with van der Waals surface area (Å²) in [5.41, 5.74) is 2.38. The summed E-state index contributed by atoms with van der Waals surface area (Å²) in [4.78, 5) is 28.3. The van der Waals surface area contributed by atoms with Crippen molar-refractivity contribution in [3.05, 3.63) is 57.8 Å². The summed E-state index contributed by atoms with van der Waals surface area (Å²) in [5.74, 6) is -0.526. The van der Waals surface area contributed by atoms with Crippen molar-refractivity contribution in [1.29, 1.82) is 0 Å². The summed E-state index contributed by atoms with van der Waals surface area (Å²) in [6.45, 7) is 4.48. The lowest BCUT2D eigenvalue weighted by Gasteiger charge is -2.09. The molecule has 5 nitrogen and oxygen atoms in total. The highest BCUT2D eigenvalue weighted by atomic mass is 79.9. The van der Waals surface area contributed by atoms with Gasteiger partial charge in [0.2, 0.25) is 0 Å². The summed E-state index contributed by atoms with van der Waals surface area (Å²) in [6.07, 6.45) is 3.75. The summed E-state index contributed by atoms with van der Waals surface area (Å²) < 4.78 is 0.948. The fourth-order valence-corrected chi connectivity index (χ4v) is 2.47. The Balaban J connectivity index is 2.15. The van der Waals surface area contributed by atoms with Gasteiger partial charge in [-0.15, -0.1) is 0 Å². The predicted molar refractivity (Wildman–Crippen MR) is 93.7 cm³/mol. The molecule has 2 aromatic rings. The van der Waals surface area contributed by atoms with Crippen LogP contribution in [0.15, 0.2) is 41.1 Å².